The fourth-order valence-corrected chi connectivity index (χ4v) is 2.37. The maximum absolute atomic E-state index is 12.1. The van der Waals surface area contributed by atoms with Crippen LogP contribution in [-0.2, 0) is 14.3 Å². The standard InChI is InChI=1S/C19H18Cl2N2O4/c1-11-3-8-15(9-16(11)21)23-18(25)12(2)27-17(24)10-22-19(26)13-4-6-14(20)7-5-13/h3-9,12H,10H2,1-2H3,(H,22,26)(H,23,25)/t12-/m0/s1. The molecule has 0 aromatic heterocycles. The van der Waals surface area contributed by atoms with Crippen molar-refractivity contribution in [3.05, 3.63) is 63.6 Å². The zero-order chi connectivity index (χ0) is 20.0. The van der Waals surface area contributed by atoms with Gasteiger partial charge in [-0.05, 0) is 55.8 Å². The van der Waals surface area contributed by atoms with Gasteiger partial charge in [0, 0.05) is 21.3 Å². The summed E-state index contributed by atoms with van der Waals surface area (Å²) in [7, 11) is 0. The van der Waals surface area contributed by atoms with Crippen molar-refractivity contribution in [2.24, 2.45) is 0 Å². The largest absolute Gasteiger partial charge is 0.451 e. The van der Waals surface area contributed by atoms with Gasteiger partial charge in [0.15, 0.2) is 6.10 Å². The van der Waals surface area contributed by atoms with E-state index in [-0.39, 0.29) is 6.54 Å². The number of halogens is 2. The Morgan fingerprint density at radius 1 is 1.07 bits per heavy atom. The van der Waals surface area contributed by atoms with Crippen molar-refractivity contribution in [3.63, 3.8) is 0 Å². The van der Waals surface area contributed by atoms with Crippen LogP contribution in [-0.4, -0.2) is 30.4 Å². The van der Waals surface area contributed by atoms with E-state index in [2.05, 4.69) is 10.6 Å². The van der Waals surface area contributed by atoms with Gasteiger partial charge < -0.3 is 15.4 Å². The number of rotatable bonds is 6. The van der Waals surface area contributed by atoms with E-state index in [0.717, 1.165) is 5.56 Å². The quantitative estimate of drug-likeness (QED) is 0.714. The van der Waals surface area contributed by atoms with Crippen LogP contribution in [0.3, 0.4) is 0 Å². The molecule has 2 aromatic rings. The summed E-state index contributed by atoms with van der Waals surface area (Å²) in [6, 6.07) is 11.3. The first-order valence-corrected chi connectivity index (χ1v) is 8.82. The summed E-state index contributed by atoms with van der Waals surface area (Å²) in [5.41, 5.74) is 1.73. The highest BCUT2D eigenvalue weighted by atomic mass is 35.5. The van der Waals surface area contributed by atoms with E-state index in [1.807, 2.05) is 6.92 Å². The van der Waals surface area contributed by atoms with Crippen LogP contribution in [0.25, 0.3) is 0 Å². The van der Waals surface area contributed by atoms with Crippen LogP contribution < -0.4 is 10.6 Å². The Kier molecular flexibility index (Phi) is 7.21. The molecular formula is C19H18Cl2N2O4. The lowest BCUT2D eigenvalue weighted by Gasteiger charge is -2.14. The van der Waals surface area contributed by atoms with Crippen molar-refractivity contribution in [1.82, 2.24) is 5.32 Å². The molecule has 0 unspecified atom stereocenters. The fraction of sp³-hybridized carbons (Fsp3) is 0.211. The van der Waals surface area contributed by atoms with Gasteiger partial charge in [0.25, 0.3) is 11.8 Å². The molecule has 0 aliphatic carbocycles. The number of anilines is 1. The van der Waals surface area contributed by atoms with E-state index in [1.165, 1.54) is 19.1 Å². The molecule has 0 heterocycles. The van der Waals surface area contributed by atoms with Crippen molar-refractivity contribution in [2.45, 2.75) is 20.0 Å². The Labute approximate surface area is 166 Å². The van der Waals surface area contributed by atoms with Crippen LogP contribution in [0.4, 0.5) is 5.69 Å². The molecule has 142 valence electrons. The number of nitrogens with one attached hydrogen (secondary N) is 2. The summed E-state index contributed by atoms with van der Waals surface area (Å²) in [4.78, 5) is 35.9. The minimum absolute atomic E-state index is 0.356. The monoisotopic (exact) mass is 408 g/mol. The molecule has 0 fully saturated rings. The topological polar surface area (TPSA) is 84.5 Å². The van der Waals surface area contributed by atoms with Gasteiger partial charge >= 0.3 is 5.97 Å². The fourth-order valence-electron chi connectivity index (χ4n) is 2.06. The SMILES string of the molecule is Cc1ccc(NC(=O)[C@H](C)OC(=O)CNC(=O)c2ccc(Cl)cc2)cc1Cl. The van der Waals surface area contributed by atoms with Gasteiger partial charge in [-0.1, -0.05) is 29.3 Å². The number of ether oxygens (including phenoxy) is 1. The van der Waals surface area contributed by atoms with Crippen molar-refractivity contribution in [2.75, 3.05) is 11.9 Å². The average Bonchev–Trinajstić information content (AvgIpc) is 2.63. The molecule has 0 saturated carbocycles. The van der Waals surface area contributed by atoms with Crippen LogP contribution in [0.1, 0.15) is 22.8 Å². The van der Waals surface area contributed by atoms with Gasteiger partial charge in [-0.25, -0.2) is 0 Å². The lowest BCUT2D eigenvalue weighted by molar-refractivity contribution is -0.152. The predicted octanol–water partition coefficient (Wildman–Crippen LogP) is 3.60. The highest BCUT2D eigenvalue weighted by Crippen LogP contribution is 2.20. The van der Waals surface area contributed by atoms with Gasteiger partial charge in [-0.15, -0.1) is 0 Å². The van der Waals surface area contributed by atoms with Gasteiger partial charge in [-0.2, -0.15) is 0 Å². The van der Waals surface area contributed by atoms with Crippen LogP contribution >= 0.6 is 23.2 Å². The smallest absolute Gasteiger partial charge is 0.326 e. The number of carbonyl (C=O) groups excluding carboxylic acids is 3. The first kappa shape index (κ1) is 20.7. The first-order valence-electron chi connectivity index (χ1n) is 8.06. The summed E-state index contributed by atoms with van der Waals surface area (Å²) < 4.78 is 5.02. The first-order chi connectivity index (χ1) is 12.8. The number of hydrogen-bond acceptors (Lipinski definition) is 4. The van der Waals surface area contributed by atoms with E-state index in [1.54, 1.807) is 30.3 Å². The van der Waals surface area contributed by atoms with Crippen LogP contribution in [0.15, 0.2) is 42.5 Å². The molecule has 2 aromatic carbocycles. The summed E-state index contributed by atoms with van der Waals surface area (Å²) in [6.45, 7) is 2.91. The molecule has 2 N–H and O–H groups in total. The lowest BCUT2D eigenvalue weighted by Crippen LogP contribution is -2.35. The second-order valence-electron chi connectivity index (χ2n) is 5.77. The molecule has 0 bridgehead atoms. The number of aryl methyl sites for hydroxylation is 1. The van der Waals surface area contributed by atoms with E-state index >= 15 is 0 Å². The van der Waals surface area contributed by atoms with E-state index in [4.69, 9.17) is 27.9 Å². The molecule has 0 spiro atoms. The molecule has 0 aliphatic heterocycles. The van der Waals surface area contributed by atoms with E-state index in [0.29, 0.717) is 21.3 Å². The third-order valence-corrected chi connectivity index (χ3v) is 4.28. The molecule has 0 saturated heterocycles. The minimum atomic E-state index is -1.04. The van der Waals surface area contributed by atoms with Crippen molar-refractivity contribution in [1.29, 1.82) is 0 Å². The normalized spacial score (nSPS) is 11.4. The molecule has 0 radical (unpaired) electrons. The molecule has 0 aliphatic rings. The Morgan fingerprint density at radius 3 is 2.37 bits per heavy atom. The molecule has 2 rings (SSSR count). The van der Waals surface area contributed by atoms with Gasteiger partial charge in [0.1, 0.15) is 6.54 Å². The van der Waals surface area contributed by atoms with Gasteiger partial charge in [-0.3, -0.25) is 14.4 Å². The number of benzene rings is 2. The molecule has 1 atom stereocenters. The Bertz CT molecular complexity index is 853. The molecule has 8 heteroatoms. The number of hydrogen-bond donors (Lipinski definition) is 2. The Morgan fingerprint density at radius 2 is 1.74 bits per heavy atom. The summed E-state index contributed by atoms with van der Waals surface area (Å²) in [6.07, 6.45) is -1.04. The molecular weight excluding hydrogens is 391 g/mol. The van der Waals surface area contributed by atoms with Gasteiger partial charge in [0.2, 0.25) is 0 Å². The highest BCUT2D eigenvalue weighted by molar-refractivity contribution is 6.31. The van der Waals surface area contributed by atoms with Crippen LogP contribution in [0.5, 0.6) is 0 Å². The zero-order valence-corrected chi connectivity index (χ0v) is 16.2. The Balaban J connectivity index is 1.81. The molecule has 2 amide bonds. The second kappa shape index (κ2) is 9.39. The number of amides is 2. The summed E-state index contributed by atoms with van der Waals surface area (Å²) >= 11 is 11.8. The molecule has 27 heavy (non-hydrogen) atoms. The van der Waals surface area contributed by atoms with Crippen LogP contribution in [0.2, 0.25) is 10.0 Å². The summed E-state index contributed by atoms with van der Waals surface area (Å²) in [5, 5.41) is 6.05. The van der Waals surface area contributed by atoms with Crippen molar-refractivity contribution in [3.8, 4) is 0 Å². The second-order valence-corrected chi connectivity index (χ2v) is 6.62. The maximum Gasteiger partial charge on any atom is 0.326 e. The zero-order valence-electron chi connectivity index (χ0n) is 14.7. The Hall–Kier alpha value is -2.57. The number of esters is 1. The lowest BCUT2D eigenvalue weighted by atomic mass is 10.2. The maximum atomic E-state index is 12.1. The number of carbonyl (C=O) groups is 3. The van der Waals surface area contributed by atoms with Gasteiger partial charge in [0.05, 0.1) is 0 Å². The molecule has 6 nitrogen and oxygen atoms in total. The van der Waals surface area contributed by atoms with Crippen LogP contribution in [0, 0.1) is 6.92 Å². The summed E-state index contributed by atoms with van der Waals surface area (Å²) in [5.74, 6) is -1.69. The third kappa shape index (κ3) is 6.27. The average molecular weight is 409 g/mol. The third-order valence-electron chi connectivity index (χ3n) is 3.62. The van der Waals surface area contributed by atoms with E-state index < -0.39 is 23.9 Å². The highest BCUT2D eigenvalue weighted by Gasteiger charge is 2.19. The minimum Gasteiger partial charge on any atom is -0.451 e. The van der Waals surface area contributed by atoms with Crippen molar-refractivity contribution < 1.29 is 19.1 Å². The van der Waals surface area contributed by atoms with E-state index in [9.17, 15) is 14.4 Å². The van der Waals surface area contributed by atoms with Crippen molar-refractivity contribution >= 4 is 46.7 Å². The predicted molar refractivity (Wildman–Crippen MR) is 104 cm³/mol.